The molecular formula is C27H26ClF3N2O4S. The third-order valence-corrected chi connectivity index (χ3v) is 8.85. The number of nitrogens with one attached hydrogen (secondary N) is 1. The molecule has 0 spiro atoms. The normalized spacial score (nSPS) is 21.8. The molecule has 6 nitrogen and oxygen atoms in total. The zero-order valence-corrected chi connectivity index (χ0v) is 21.7. The Hall–Kier alpha value is -2.79. The zero-order valence-electron chi connectivity index (χ0n) is 20.2. The van der Waals surface area contributed by atoms with E-state index in [1.807, 2.05) is 36.4 Å². The van der Waals surface area contributed by atoms with Crippen LogP contribution in [0.15, 0.2) is 71.6 Å². The SMILES string of the molecule is O=S(=O)(NC1CCCC(N2c3ccccc3CCc3ccccc32)C1O)c1ccc(OC(F)(F)F)c(Cl)c1. The standard InChI is InChI=1S/C27H26ClF3N2O4S/c28-20-16-19(14-15-25(20)37-27(29,30)31)38(35,36)32-21-8-5-11-24(26(21)34)33-22-9-3-1-6-17(22)12-13-18-7-2-4-10-23(18)33/h1-4,6-7,9-10,14-16,21,24,26,32,34H,5,8,11-13H2. The van der Waals surface area contributed by atoms with E-state index in [-0.39, 0.29) is 4.90 Å². The summed E-state index contributed by atoms with van der Waals surface area (Å²) in [5.74, 6) is -0.700. The number of hydrogen-bond acceptors (Lipinski definition) is 5. The number of aliphatic hydroxyl groups is 1. The van der Waals surface area contributed by atoms with Gasteiger partial charge >= 0.3 is 6.36 Å². The number of aryl methyl sites for hydroxylation is 2. The molecule has 0 bridgehead atoms. The van der Waals surface area contributed by atoms with Crippen LogP contribution in [0.4, 0.5) is 24.5 Å². The quantitative estimate of drug-likeness (QED) is 0.412. The lowest BCUT2D eigenvalue weighted by Crippen LogP contribution is -2.55. The number of aliphatic hydroxyl groups excluding tert-OH is 1. The highest BCUT2D eigenvalue weighted by molar-refractivity contribution is 7.89. The van der Waals surface area contributed by atoms with Crippen molar-refractivity contribution in [2.45, 2.75) is 61.5 Å². The molecule has 3 aromatic rings. The van der Waals surface area contributed by atoms with E-state index in [0.717, 1.165) is 53.5 Å². The van der Waals surface area contributed by atoms with Crippen molar-refractivity contribution in [1.29, 1.82) is 0 Å². The molecular weight excluding hydrogens is 541 g/mol. The smallest absolute Gasteiger partial charge is 0.404 e. The maximum absolute atomic E-state index is 13.2. The molecule has 3 atom stereocenters. The molecule has 2 aliphatic rings. The van der Waals surface area contributed by atoms with E-state index in [1.54, 1.807) is 0 Å². The van der Waals surface area contributed by atoms with Crippen molar-refractivity contribution in [2.24, 2.45) is 0 Å². The molecule has 1 fully saturated rings. The predicted octanol–water partition coefficient (Wildman–Crippen LogP) is 5.74. The van der Waals surface area contributed by atoms with Gasteiger partial charge in [0, 0.05) is 11.4 Å². The fourth-order valence-electron chi connectivity index (χ4n) is 5.36. The molecule has 5 rings (SSSR count). The van der Waals surface area contributed by atoms with Crippen LogP contribution >= 0.6 is 11.6 Å². The molecule has 1 heterocycles. The van der Waals surface area contributed by atoms with Gasteiger partial charge in [-0.1, -0.05) is 48.0 Å². The topological polar surface area (TPSA) is 78.9 Å². The number of hydrogen-bond donors (Lipinski definition) is 2. The minimum absolute atomic E-state index is 0.322. The third-order valence-electron chi connectivity index (χ3n) is 7.06. The van der Waals surface area contributed by atoms with Gasteiger partial charge < -0.3 is 14.7 Å². The number of benzene rings is 3. The van der Waals surface area contributed by atoms with Crippen molar-refractivity contribution in [3.05, 3.63) is 82.9 Å². The number of rotatable bonds is 5. The molecule has 3 unspecified atom stereocenters. The van der Waals surface area contributed by atoms with Crippen molar-refractivity contribution in [2.75, 3.05) is 4.90 Å². The van der Waals surface area contributed by atoms with Gasteiger partial charge in [-0.05, 0) is 73.6 Å². The second kappa shape index (κ2) is 10.4. The van der Waals surface area contributed by atoms with Gasteiger partial charge in [0.25, 0.3) is 0 Å². The summed E-state index contributed by atoms with van der Waals surface area (Å²) in [5.41, 5.74) is 4.26. The van der Waals surface area contributed by atoms with Gasteiger partial charge in [-0.3, -0.25) is 0 Å². The van der Waals surface area contributed by atoms with Crippen LogP contribution in [0.1, 0.15) is 30.4 Å². The van der Waals surface area contributed by atoms with Crippen molar-refractivity contribution >= 4 is 33.0 Å². The third kappa shape index (κ3) is 5.49. The fourth-order valence-corrected chi connectivity index (χ4v) is 6.96. The first-order chi connectivity index (χ1) is 18.0. The van der Waals surface area contributed by atoms with Crippen LogP contribution in [0.2, 0.25) is 5.02 Å². The summed E-state index contributed by atoms with van der Waals surface area (Å²) < 4.78 is 70.4. The summed E-state index contributed by atoms with van der Waals surface area (Å²) >= 11 is 5.88. The highest BCUT2D eigenvalue weighted by atomic mass is 35.5. The molecule has 1 aliphatic carbocycles. The van der Waals surface area contributed by atoms with Gasteiger partial charge in [-0.2, -0.15) is 0 Å². The van der Waals surface area contributed by atoms with E-state index in [2.05, 4.69) is 26.5 Å². The second-order valence-corrected chi connectivity index (χ2v) is 11.6. The Morgan fingerprint density at radius 1 is 0.947 bits per heavy atom. The van der Waals surface area contributed by atoms with Crippen LogP contribution in [0.3, 0.4) is 0 Å². The van der Waals surface area contributed by atoms with E-state index in [0.29, 0.717) is 19.3 Å². The Bertz CT molecular complexity index is 1390. The maximum Gasteiger partial charge on any atom is 0.573 e. The van der Waals surface area contributed by atoms with E-state index >= 15 is 0 Å². The highest BCUT2D eigenvalue weighted by Gasteiger charge is 2.40. The average molecular weight is 567 g/mol. The molecule has 1 aliphatic heterocycles. The molecule has 0 aromatic heterocycles. The van der Waals surface area contributed by atoms with Crippen LogP contribution in [0, 0.1) is 0 Å². The van der Waals surface area contributed by atoms with Gasteiger partial charge in [-0.25, -0.2) is 13.1 Å². The van der Waals surface area contributed by atoms with Crippen LogP contribution in [-0.4, -0.2) is 38.1 Å². The van der Waals surface area contributed by atoms with Crippen molar-refractivity contribution in [1.82, 2.24) is 4.72 Å². The molecule has 0 amide bonds. The molecule has 2 N–H and O–H groups in total. The first-order valence-corrected chi connectivity index (χ1v) is 14.1. The van der Waals surface area contributed by atoms with Gasteiger partial charge in [0.2, 0.25) is 10.0 Å². The van der Waals surface area contributed by atoms with Crippen molar-refractivity contribution in [3.63, 3.8) is 0 Å². The fraction of sp³-hybridized carbons (Fsp3) is 0.333. The lowest BCUT2D eigenvalue weighted by Gasteiger charge is -2.43. The Balaban J connectivity index is 1.43. The van der Waals surface area contributed by atoms with E-state index < -0.39 is 45.3 Å². The summed E-state index contributed by atoms with van der Waals surface area (Å²) in [4.78, 5) is 1.81. The number of fused-ring (bicyclic) bond motifs is 2. The molecule has 0 radical (unpaired) electrons. The monoisotopic (exact) mass is 566 g/mol. The molecule has 11 heteroatoms. The van der Waals surface area contributed by atoms with Gasteiger partial charge in [0.1, 0.15) is 5.75 Å². The Morgan fingerprint density at radius 2 is 1.55 bits per heavy atom. The van der Waals surface area contributed by atoms with Gasteiger partial charge in [-0.15, -0.1) is 13.2 Å². The Morgan fingerprint density at radius 3 is 2.13 bits per heavy atom. The number of ether oxygens (including phenoxy) is 1. The van der Waals surface area contributed by atoms with Gasteiger partial charge in [0.15, 0.2) is 0 Å². The van der Waals surface area contributed by atoms with E-state index in [9.17, 15) is 26.7 Å². The summed E-state index contributed by atoms with van der Waals surface area (Å²) in [6.07, 6.45) is -2.62. The number of anilines is 2. The Kier molecular flexibility index (Phi) is 7.34. The predicted molar refractivity (Wildman–Crippen MR) is 138 cm³/mol. The Labute approximate surface area is 224 Å². The zero-order chi connectivity index (χ0) is 27.1. The second-order valence-electron chi connectivity index (χ2n) is 9.48. The number of para-hydroxylation sites is 2. The van der Waals surface area contributed by atoms with E-state index in [1.165, 1.54) is 0 Å². The van der Waals surface area contributed by atoms with Crippen LogP contribution in [-0.2, 0) is 22.9 Å². The molecule has 3 aromatic carbocycles. The minimum atomic E-state index is -4.96. The van der Waals surface area contributed by atoms with Crippen molar-refractivity contribution < 1.29 is 31.4 Å². The molecule has 202 valence electrons. The van der Waals surface area contributed by atoms with Crippen LogP contribution in [0.5, 0.6) is 5.75 Å². The first kappa shape index (κ1) is 26.8. The summed E-state index contributed by atoms with van der Waals surface area (Å²) in [7, 11) is -4.21. The largest absolute Gasteiger partial charge is 0.573 e. The lowest BCUT2D eigenvalue weighted by molar-refractivity contribution is -0.274. The van der Waals surface area contributed by atoms with Crippen LogP contribution in [0.25, 0.3) is 0 Å². The summed E-state index contributed by atoms with van der Waals surface area (Å²) in [5, 5.41) is 11.0. The van der Waals surface area contributed by atoms with Crippen LogP contribution < -0.4 is 14.4 Å². The number of alkyl halides is 3. The minimum Gasteiger partial charge on any atom is -0.404 e. The molecule has 1 saturated carbocycles. The first-order valence-electron chi connectivity index (χ1n) is 12.2. The van der Waals surface area contributed by atoms with E-state index in [4.69, 9.17) is 11.6 Å². The molecule has 0 saturated heterocycles. The molecule has 38 heavy (non-hydrogen) atoms. The summed E-state index contributed by atoms with van der Waals surface area (Å²) in [6.45, 7) is 0. The number of nitrogens with zero attached hydrogens (tertiary/aromatic N) is 1. The van der Waals surface area contributed by atoms with Gasteiger partial charge in [0.05, 0.1) is 28.1 Å². The number of halogens is 4. The average Bonchev–Trinajstić information content (AvgIpc) is 3.03. The highest BCUT2D eigenvalue weighted by Crippen LogP contribution is 2.41. The maximum atomic E-state index is 13.2. The lowest BCUT2D eigenvalue weighted by atomic mass is 9.86. The summed E-state index contributed by atoms with van der Waals surface area (Å²) in [6, 6.07) is 17.6. The van der Waals surface area contributed by atoms with Crippen molar-refractivity contribution in [3.8, 4) is 5.75 Å². The number of sulfonamides is 1.